The molecule has 0 aromatic carbocycles. The molecule has 5 nitrogen and oxygen atoms in total. The van der Waals surface area contributed by atoms with Crippen molar-refractivity contribution in [3.63, 3.8) is 0 Å². The number of rotatable bonds is 6. The average Bonchev–Trinajstić information content (AvgIpc) is 2.60. The van der Waals surface area contributed by atoms with E-state index < -0.39 is 5.97 Å². The Hall–Kier alpha value is -1.14. The molecule has 17 heavy (non-hydrogen) atoms. The molecule has 0 radical (unpaired) electrons. The molecule has 0 bridgehead atoms. The highest BCUT2D eigenvalue weighted by Gasteiger charge is 2.21. The van der Waals surface area contributed by atoms with Crippen LogP contribution in [-0.2, 0) is 0 Å². The van der Waals surface area contributed by atoms with Crippen molar-refractivity contribution in [2.45, 2.75) is 13.8 Å². The molecule has 0 aliphatic carbocycles. The molecule has 1 aromatic rings. The van der Waals surface area contributed by atoms with Gasteiger partial charge in [-0.25, -0.2) is 9.78 Å². The number of nitrogens with zero attached hydrogens (tertiary/aromatic N) is 2. The predicted octanol–water partition coefficient (Wildman–Crippen LogP) is 1.84. The molecule has 0 aliphatic heterocycles. The Balaban J connectivity index is 2.61. The second kappa shape index (κ2) is 5.46. The smallest absolute Gasteiger partial charge is 0.357 e. The minimum atomic E-state index is -0.987. The van der Waals surface area contributed by atoms with Gasteiger partial charge in [0.1, 0.15) is 5.00 Å². The Morgan fingerprint density at radius 3 is 2.76 bits per heavy atom. The summed E-state index contributed by atoms with van der Waals surface area (Å²) in [5.74, 6) is -0.987. The number of hydrogen-bond acceptors (Lipinski definition) is 5. The largest absolute Gasteiger partial charge is 0.476 e. The number of thiazole rings is 1. The van der Waals surface area contributed by atoms with Crippen molar-refractivity contribution in [3.05, 3.63) is 11.2 Å². The van der Waals surface area contributed by atoms with E-state index in [2.05, 4.69) is 29.0 Å². The van der Waals surface area contributed by atoms with Crippen molar-refractivity contribution >= 4 is 22.3 Å². The van der Waals surface area contributed by atoms with E-state index in [0.29, 0.717) is 11.5 Å². The van der Waals surface area contributed by atoms with E-state index in [1.165, 1.54) is 11.3 Å². The van der Waals surface area contributed by atoms with Crippen LogP contribution in [0.4, 0.5) is 5.00 Å². The highest BCUT2D eigenvalue weighted by molar-refractivity contribution is 7.14. The number of carbonyl (C=O) groups is 1. The van der Waals surface area contributed by atoms with E-state index in [4.69, 9.17) is 5.11 Å². The summed E-state index contributed by atoms with van der Waals surface area (Å²) in [7, 11) is 4.05. The molecule has 6 heteroatoms. The summed E-state index contributed by atoms with van der Waals surface area (Å²) in [6, 6.07) is 0. The number of anilines is 1. The summed E-state index contributed by atoms with van der Waals surface area (Å²) in [5.41, 5.74) is 1.73. The van der Waals surface area contributed by atoms with E-state index in [0.717, 1.165) is 6.54 Å². The van der Waals surface area contributed by atoms with Gasteiger partial charge in [0.05, 0.1) is 5.51 Å². The van der Waals surface area contributed by atoms with Crippen LogP contribution < -0.4 is 5.32 Å². The molecule has 1 aromatic heterocycles. The van der Waals surface area contributed by atoms with E-state index in [9.17, 15) is 4.79 Å². The fraction of sp³-hybridized carbons (Fsp3) is 0.636. The van der Waals surface area contributed by atoms with Crippen LogP contribution in [0.25, 0.3) is 0 Å². The van der Waals surface area contributed by atoms with Gasteiger partial charge in [0.2, 0.25) is 0 Å². The summed E-state index contributed by atoms with van der Waals surface area (Å²) in [6.07, 6.45) is 0. The summed E-state index contributed by atoms with van der Waals surface area (Å²) in [6.45, 7) is 5.93. The summed E-state index contributed by atoms with van der Waals surface area (Å²) in [4.78, 5) is 16.8. The lowest BCUT2D eigenvalue weighted by molar-refractivity contribution is 0.0692. The lowest BCUT2D eigenvalue weighted by Gasteiger charge is -2.28. The van der Waals surface area contributed by atoms with Gasteiger partial charge in [0, 0.05) is 13.1 Å². The minimum absolute atomic E-state index is 0.0727. The Kier molecular flexibility index (Phi) is 4.47. The quantitative estimate of drug-likeness (QED) is 0.814. The van der Waals surface area contributed by atoms with Crippen LogP contribution in [0.15, 0.2) is 5.51 Å². The van der Waals surface area contributed by atoms with E-state index in [-0.39, 0.29) is 11.1 Å². The first-order chi connectivity index (χ1) is 7.82. The third kappa shape index (κ3) is 4.32. The summed E-state index contributed by atoms with van der Waals surface area (Å²) < 4.78 is 0. The number of carboxylic acid groups (broad SMARTS) is 1. The van der Waals surface area contributed by atoms with Crippen molar-refractivity contribution < 1.29 is 9.90 Å². The lowest BCUT2D eigenvalue weighted by atomic mass is 9.93. The Morgan fingerprint density at radius 2 is 2.24 bits per heavy atom. The monoisotopic (exact) mass is 257 g/mol. The van der Waals surface area contributed by atoms with Crippen LogP contribution in [-0.4, -0.2) is 48.1 Å². The van der Waals surface area contributed by atoms with Gasteiger partial charge in [-0.1, -0.05) is 13.8 Å². The maximum atomic E-state index is 10.9. The topological polar surface area (TPSA) is 65.5 Å². The average molecular weight is 257 g/mol. The third-order valence-electron chi connectivity index (χ3n) is 2.24. The number of nitrogens with one attached hydrogen (secondary N) is 1. The molecule has 96 valence electrons. The number of carboxylic acids is 1. The molecule has 1 heterocycles. The van der Waals surface area contributed by atoms with Gasteiger partial charge in [0.15, 0.2) is 5.69 Å². The minimum Gasteiger partial charge on any atom is -0.476 e. The summed E-state index contributed by atoms with van der Waals surface area (Å²) >= 11 is 1.32. The van der Waals surface area contributed by atoms with E-state index in [1.54, 1.807) is 5.51 Å². The van der Waals surface area contributed by atoms with Gasteiger partial charge < -0.3 is 15.3 Å². The molecular formula is C11H19N3O2S. The molecule has 0 saturated heterocycles. The van der Waals surface area contributed by atoms with Gasteiger partial charge in [-0.15, -0.1) is 11.3 Å². The second-order valence-electron chi connectivity index (χ2n) is 5.09. The number of aromatic nitrogens is 1. The van der Waals surface area contributed by atoms with Crippen LogP contribution in [0, 0.1) is 5.41 Å². The first-order valence-corrected chi connectivity index (χ1v) is 6.25. The van der Waals surface area contributed by atoms with Gasteiger partial charge in [-0.3, -0.25) is 0 Å². The van der Waals surface area contributed by atoms with Crippen molar-refractivity contribution in [2.75, 3.05) is 32.5 Å². The molecule has 1 rings (SSSR count). The zero-order valence-corrected chi connectivity index (χ0v) is 11.5. The molecule has 0 saturated carbocycles. The number of hydrogen-bond donors (Lipinski definition) is 2. The Labute approximate surface area is 105 Å². The molecule has 0 fully saturated rings. The molecule has 0 unspecified atom stereocenters. The molecule has 0 atom stereocenters. The van der Waals surface area contributed by atoms with Gasteiger partial charge >= 0.3 is 5.97 Å². The lowest BCUT2D eigenvalue weighted by Crippen LogP contribution is -2.34. The zero-order valence-electron chi connectivity index (χ0n) is 10.6. The Bertz CT molecular complexity index is 388. The third-order valence-corrected chi connectivity index (χ3v) is 3.03. The molecular weight excluding hydrogens is 238 g/mol. The standard InChI is InChI=1S/C11H19N3O2S/c1-11(2,6-14(3)4)5-12-9-8(10(15)16)13-7-17-9/h7,12H,5-6H2,1-4H3,(H,15,16). The van der Waals surface area contributed by atoms with Crippen LogP contribution >= 0.6 is 11.3 Å². The van der Waals surface area contributed by atoms with Gasteiger partial charge in [-0.05, 0) is 19.5 Å². The molecule has 0 amide bonds. The number of aromatic carboxylic acids is 1. The Morgan fingerprint density at radius 1 is 1.59 bits per heavy atom. The zero-order chi connectivity index (χ0) is 13.1. The normalized spacial score (nSPS) is 11.8. The first-order valence-electron chi connectivity index (χ1n) is 5.37. The first kappa shape index (κ1) is 13.9. The molecule has 0 spiro atoms. The van der Waals surface area contributed by atoms with Crippen LogP contribution in [0.3, 0.4) is 0 Å². The second-order valence-corrected chi connectivity index (χ2v) is 5.95. The highest BCUT2D eigenvalue weighted by Crippen LogP contribution is 2.23. The van der Waals surface area contributed by atoms with Crippen molar-refractivity contribution in [1.82, 2.24) is 9.88 Å². The molecule has 0 aliphatic rings. The van der Waals surface area contributed by atoms with Crippen LogP contribution in [0.2, 0.25) is 0 Å². The fourth-order valence-electron chi connectivity index (χ4n) is 1.76. The van der Waals surface area contributed by atoms with Crippen molar-refractivity contribution in [3.8, 4) is 0 Å². The highest BCUT2D eigenvalue weighted by atomic mass is 32.1. The fourth-order valence-corrected chi connectivity index (χ4v) is 2.43. The van der Waals surface area contributed by atoms with Crippen molar-refractivity contribution in [1.29, 1.82) is 0 Å². The van der Waals surface area contributed by atoms with Crippen LogP contribution in [0.5, 0.6) is 0 Å². The van der Waals surface area contributed by atoms with Gasteiger partial charge in [0.25, 0.3) is 0 Å². The van der Waals surface area contributed by atoms with Crippen LogP contribution in [0.1, 0.15) is 24.3 Å². The van der Waals surface area contributed by atoms with Gasteiger partial charge in [-0.2, -0.15) is 0 Å². The summed E-state index contributed by atoms with van der Waals surface area (Å²) in [5, 5.41) is 12.7. The molecule has 2 N–H and O–H groups in total. The van der Waals surface area contributed by atoms with Crippen molar-refractivity contribution in [2.24, 2.45) is 5.41 Å². The van der Waals surface area contributed by atoms with E-state index in [1.807, 2.05) is 14.1 Å². The maximum Gasteiger partial charge on any atom is 0.357 e. The SMILES string of the molecule is CN(C)CC(C)(C)CNc1scnc1C(=O)O. The van der Waals surface area contributed by atoms with E-state index >= 15 is 0 Å². The maximum absolute atomic E-state index is 10.9. The predicted molar refractivity (Wildman–Crippen MR) is 69.9 cm³/mol.